The Morgan fingerprint density at radius 3 is 1.56 bits per heavy atom. The molecule has 0 N–H and O–H groups in total. The molecular weight excluding hydrogens is 336 g/mol. The maximum Gasteiger partial charge on any atom is 0.195 e. The van der Waals surface area contributed by atoms with E-state index in [1.165, 1.54) is 11.4 Å². The molecule has 1 aromatic heterocycles. The van der Waals surface area contributed by atoms with Gasteiger partial charge in [-0.2, -0.15) is 0 Å². The Kier molecular flexibility index (Phi) is 6.12. The van der Waals surface area contributed by atoms with Crippen LogP contribution in [0.3, 0.4) is 0 Å². The normalized spacial score (nSPS) is 10.8. The average Bonchev–Trinajstić information content (AvgIpc) is 3.21. The van der Waals surface area contributed by atoms with E-state index in [0.29, 0.717) is 5.76 Å². The highest BCUT2D eigenvalue weighted by Gasteiger charge is 2.15. The predicted octanol–water partition coefficient (Wildman–Crippen LogP) is 5.10. The Hall–Kier alpha value is -2.82. The molecule has 27 heavy (non-hydrogen) atoms. The Morgan fingerprint density at radius 2 is 1.11 bits per heavy atom. The van der Waals surface area contributed by atoms with Crippen molar-refractivity contribution in [3.63, 3.8) is 0 Å². The number of benzene rings is 2. The van der Waals surface area contributed by atoms with Gasteiger partial charge in [0.25, 0.3) is 0 Å². The molecule has 0 spiro atoms. The Labute approximate surface area is 161 Å². The molecule has 0 radical (unpaired) electrons. The third-order valence-electron chi connectivity index (χ3n) is 5.02. The van der Waals surface area contributed by atoms with Gasteiger partial charge in [0.05, 0.1) is 0 Å². The topological polar surface area (TPSA) is 45.4 Å². The van der Waals surface area contributed by atoms with E-state index in [1.54, 1.807) is 0 Å². The van der Waals surface area contributed by atoms with Crippen LogP contribution in [0.4, 0.5) is 11.4 Å². The molecule has 5 nitrogen and oxygen atoms in total. The van der Waals surface area contributed by atoms with E-state index in [9.17, 15) is 0 Å². The van der Waals surface area contributed by atoms with Crippen molar-refractivity contribution in [1.82, 2.24) is 10.4 Å². The predicted molar refractivity (Wildman–Crippen MR) is 112 cm³/mol. The van der Waals surface area contributed by atoms with Gasteiger partial charge in [0.2, 0.25) is 0 Å². The minimum Gasteiger partial charge on any atom is -0.372 e. The van der Waals surface area contributed by atoms with E-state index >= 15 is 0 Å². The summed E-state index contributed by atoms with van der Waals surface area (Å²) in [5.41, 5.74) is 5.19. The summed E-state index contributed by atoms with van der Waals surface area (Å²) in [5.74, 6) is 0.705. The fraction of sp³-hybridized carbons (Fsp3) is 0.364. The molecule has 1 heterocycles. The highest BCUT2D eigenvalue weighted by molar-refractivity contribution is 5.77. The molecular formula is C22H28N4O. The van der Waals surface area contributed by atoms with Crippen LogP contribution in [0, 0.1) is 0 Å². The summed E-state index contributed by atoms with van der Waals surface area (Å²) in [6.07, 6.45) is 0. The number of nitrogens with zero attached hydrogens (tertiary/aromatic N) is 4. The lowest BCUT2D eigenvalue weighted by molar-refractivity contribution is 0.403. The summed E-state index contributed by atoms with van der Waals surface area (Å²) >= 11 is 0. The summed E-state index contributed by atoms with van der Waals surface area (Å²) in [4.78, 5) is 4.63. The molecule has 2 aromatic carbocycles. The van der Waals surface area contributed by atoms with Crippen molar-refractivity contribution >= 4 is 11.4 Å². The van der Waals surface area contributed by atoms with Crippen molar-refractivity contribution in [3.8, 4) is 22.6 Å². The first-order valence-electron chi connectivity index (χ1n) is 9.74. The van der Waals surface area contributed by atoms with E-state index in [4.69, 9.17) is 4.52 Å². The minimum absolute atomic E-state index is 0.705. The van der Waals surface area contributed by atoms with E-state index in [2.05, 4.69) is 96.4 Å². The number of aromatic nitrogens is 2. The zero-order valence-electron chi connectivity index (χ0n) is 16.6. The molecule has 0 aliphatic rings. The van der Waals surface area contributed by atoms with Crippen LogP contribution in [-0.2, 0) is 0 Å². The van der Waals surface area contributed by atoms with Crippen molar-refractivity contribution in [2.45, 2.75) is 27.7 Å². The summed E-state index contributed by atoms with van der Waals surface area (Å²) in [6, 6.07) is 16.8. The first-order chi connectivity index (χ1) is 13.2. The van der Waals surface area contributed by atoms with Crippen LogP contribution >= 0.6 is 0 Å². The second kappa shape index (κ2) is 8.71. The summed E-state index contributed by atoms with van der Waals surface area (Å²) in [5, 5.41) is 8.04. The smallest absolute Gasteiger partial charge is 0.195 e. The van der Waals surface area contributed by atoms with Crippen LogP contribution in [0.25, 0.3) is 22.6 Å². The molecule has 0 aliphatic carbocycles. The van der Waals surface area contributed by atoms with Crippen LogP contribution in [0.1, 0.15) is 27.7 Å². The van der Waals surface area contributed by atoms with Gasteiger partial charge in [-0.1, -0.05) is 12.1 Å². The van der Waals surface area contributed by atoms with E-state index in [0.717, 1.165) is 43.0 Å². The first-order valence-corrected chi connectivity index (χ1v) is 9.74. The van der Waals surface area contributed by atoms with Gasteiger partial charge in [0, 0.05) is 54.0 Å². The van der Waals surface area contributed by atoms with Crippen molar-refractivity contribution in [2.75, 3.05) is 36.0 Å². The molecule has 0 atom stereocenters. The lowest BCUT2D eigenvalue weighted by Crippen LogP contribution is -2.21. The standard InChI is InChI=1S/C22H28N4O/c1-5-25(6-2)19-13-9-17(10-14-19)21-22(27-24-23-21)18-11-15-20(16-12-18)26(7-3)8-4/h9-16H,5-8H2,1-4H3. The number of hydrogen-bond donors (Lipinski definition) is 0. The van der Waals surface area contributed by atoms with Gasteiger partial charge in [0.15, 0.2) is 5.76 Å². The maximum absolute atomic E-state index is 5.49. The van der Waals surface area contributed by atoms with Crippen LogP contribution in [-0.4, -0.2) is 36.5 Å². The van der Waals surface area contributed by atoms with Gasteiger partial charge in [-0.15, -0.1) is 5.10 Å². The molecule has 0 aliphatic heterocycles. The van der Waals surface area contributed by atoms with Crippen LogP contribution in [0.2, 0.25) is 0 Å². The first kappa shape index (κ1) is 19.0. The lowest BCUT2D eigenvalue weighted by atomic mass is 10.0. The van der Waals surface area contributed by atoms with Crippen molar-refractivity contribution in [2.24, 2.45) is 0 Å². The van der Waals surface area contributed by atoms with Gasteiger partial charge in [-0.3, -0.25) is 0 Å². The fourth-order valence-electron chi connectivity index (χ4n) is 3.40. The molecule has 5 heteroatoms. The monoisotopic (exact) mass is 364 g/mol. The largest absolute Gasteiger partial charge is 0.372 e. The molecule has 0 unspecified atom stereocenters. The van der Waals surface area contributed by atoms with Gasteiger partial charge in [0.1, 0.15) is 5.69 Å². The highest BCUT2D eigenvalue weighted by atomic mass is 16.5. The zero-order valence-corrected chi connectivity index (χ0v) is 16.6. The highest BCUT2D eigenvalue weighted by Crippen LogP contribution is 2.32. The van der Waals surface area contributed by atoms with Crippen molar-refractivity contribution in [3.05, 3.63) is 48.5 Å². The quantitative estimate of drug-likeness (QED) is 0.557. The number of rotatable bonds is 8. The fourth-order valence-corrected chi connectivity index (χ4v) is 3.40. The number of anilines is 2. The Balaban J connectivity index is 1.88. The lowest BCUT2D eigenvalue weighted by Gasteiger charge is -2.21. The summed E-state index contributed by atoms with van der Waals surface area (Å²) in [6.45, 7) is 12.6. The molecule has 3 rings (SSSR count). The number of hydrogen-bond acceptors (Lipinski definition) is 5. The van der Waals surface area contributed by atoms with E-state index in [-0.39, 0.29) is 0 Å². The molecule has 0 bridgehead atoms. The minimum atomic E-state index is 0.705. The van der Waals surface area contributed by atoms with Gasteiger partial charge < -0.3 is 14.3 Å². The third kappa shape index (κ3) is 3.97. The van der Waals surface area contributed by atoms with Crippen molar-refractivity contribution < 1.29 is 4.52 Å². The Bertz CT molecular complexity index is 762. The SMILES string of the molecule is CCN(CC)c1ccc(-c2nnoc2-c2ccc(N(CC)CC)cc2)cc1. The van der Waals surface area contributed by atoms with Gasteiger partial charge in [-0.25, -0.2) is 0 Å². The maximum atomic E-state index is 5.49. The van der Waals surface area contributed by atoms with E-state index < -0.39 is 0 Å². The molecule has 0 saturated carbocycles. The summed E-state index contributed by atoms with van der Waals surface area (Å²) in [7, 11) is 0. The molecule has 142 valence electrons. The average molecular weight is 364 g/mol. The van der Waals surface area contributed by atoms with Gasteiger partial charge >= 0.3 is 0 Å². The van der Waals surface area contributed by atoms with Crippen LogP contribution < -0.4 is 9.80 Å². The second-order valence-electron chi connectivity index (χ2n) is 6.39. The van der Waals surface area contributed by atoms with Crippen molar-refractivity contribution in [1.29, 1.82) is 0 Å². The molecule has 0 amide bonds. The Morgan fingerprint density at radius 1 is 0.667 bits per heavy atom. The summed E-state index contributed by atoms with van der Waals surface area (Å²) < 4.78 is 5.49. The second-order valence-corrected chi connectivity index (χ2v) is 6.39. The zero-order chi connectivity index (χ0) is 19.2. The molecule has 0 fully saturated rings. The third-order valence-corrected chi connectivity index (χ3v) is 5.02. The van der Waals surface area contributed by atoms with Gasteiger partial charge in [-0.05, 0) is 64.1 Å². The molecule has 3 aromatic rings. The van der Waals surface area contributed by atoms with Crippen LogP contribution in [0.15, 0.2) is 53.1 Å². The van der Waals surface area contributed by atoms with Crippen LogP contribution in [0.5, 0.6) is 0 Å². The molecule has 0 saturated heterocycles. The van der Waals surface area contributed by atoms with E-state index in [1.807, 2.05) is 0 Å².